The van der Waals surface area contributed by atoms with E-state index >= 15 is 0 Å². The smallest absolute Gasteiger partial charge is 0.326 e. The summed E-state index contributed by atoms with van der Waals surface area (Å²) < 4.78 is 0. The average Bonchev–Trinajstić information content (AvgIpc) is 2.75. The van der Waals surface area contributed by atoms with Crippen LogP contribution in [0.5, 0.6) is 0 Å². The summed E-state index contributed by atoms with van der Waals surface area (Å²) in [6.07, 6.45) is 1.11. The second kappa shape index (κ2) is 9.54. The van der Waals surface area contributed by atoms with Gasteiger partial charge in [0.1, 0.15) is 12.1 Å². The molecule has 0 spiro atoms. The van der Waals surface area contributed by atoms with Crippen LogP contribution in [0.4, 0.5) is 0 Å². The van der Waals surface area contributed by atoms with Gasteiger partial charge in [0.05, 0.1) is 6.04 Å². The molecule has 1 amide bonds. The molecule has 1 aliphatic rings. The summed E-state index contributed by atoms with van der Waals surface area (Å²) in [5.74, 6) is -2.52. The molecule has 7 nitrogen and oxygen atoms in total. The first kappa shape index (κ1) is 21.5. The lowest BCUT2D eigenvalue weighted by Crippen LogP contribution is -2.56. The highest BCUT2D eigenvalue weighted by Crippen LogP contribution is 2.24. The molecule has 2 unspecified atom stereocenters. The van der Waals surface area contributed by atoms with Crippen LogP contribution in [0.25, 0.3) is 0 Å². The molecule has 0 saturated carbocycles. The summed E-state index contributed by atoms with van der Waals surface area (Å²) in [7, 11) is 0. The first-order valence-electron chi connectivity index (χ1n) is 9.99. The van der Waals surface area contributed by atoms with Gasteiger partial charge in [0.2, 0.25) is 5.91 Å². The Hall–Kier alpha value is -3.19. The molecule has 0 aromatic heterocycles. The topological polar surface area (TPSA) is 107 Å². The monoisotopic (exact) mass is 410 g/mol. The van der Waals surface area contributed by atoms with Crippen LogP contribution in [-0.4, -0.2) is 51.1 Å². The van der Waals surface area contributed by atoms with E-state index in [1.54, 1.807) is 6.92 Å². The highest BCUT2D eigenvalue weighted by atomic mass is 16.4. The lowest BCUT2D eigenvalue weighted by molar-refractivity contribution is -0.152. The first-order valence-corrected chi connectivity index (χ1v) is 9.99. The summed E-state index contributed by atoms with van der Waals surface area (Å²) in [5, 5.41) is 22.1. The molecule has 1 heterocycles. The highest BCUT2D eigenvalue weighted by Gasteiger charge is 2.37. The number of amides is 1. The van der Waals surface area contributed by atoms with Gasteiger partial charge in [-0.25, -0.2) is 4.79 Å². The van der Waals surface area contributed by atoms with Crippen molar-refractivity contribution in [1.29, 1.82) is 0 Å². The van der Waals surface area contributed by atoms with E-state index in [-0.39, 0.29) is 13.0 Å². The molecule has 30 heavy (non-hydrogen) atoms. The number of hydrogen-bond donors (Lipinski definition) is 3. The zero-order chi connectivity index (χ0) is 21.7. The quantitative estimate of drug-likeness (QED) is 0.615. The summed E-state index contributed by atoms with van der Waals surface area (Å²) in [4.78, 5) is 37.9. The van der Waals surface area contributed by atoms with Crippen molar-refractivity contribution in [2.75, 3.05) is 0 Å². The SMILES string of the molecule is CC(N[C@@H](CCc1ccccc1)C(=O)O)C(=O)N1Cc2ccccc2CC1C(=O)O. The largest absolute Gasteiger partial charge is 0.480 e. The molecule has 0 radical (unpaired) electrons. The van der Waals surface area contributed by atoms with Gasteiger partial charge >= 0.3 is 11.9 Å². The second-order valence-electron chi connectivity index (χ2n) is 7.60. The maximum Gasteiger partial charge on any atom is 0.326 e. The third kappa shape index (κ3) is 5.04. The molecule has 0 saturated heterocycles. The lowest BCUT2D eigenvalue weighted by atomic mass is 9.93. The van der Waals surface area contributed by atoms with Crippen molar-refractivity contribution >= 4 is 17.8 Å². The zero-order valence-electron chi connectivity index (χ0n) is 16.8. The number of nitrogens with zero attached hydrogens (tertiary/aromatic N) is 1. The van der Waals surface area contributed by atoms with Crippen LogP contribution in [0.1, 0.15) is 30.0 Å². The van der Waals surface area contributed by atoms with Crippen LogP contribution >= 0.6 is 0 Å². The molecular formula is C23H26N2O5. The van der Waals surface area contributed by atoms with Gasteiger partial charge in [-0.3, -0.25) is 14.9 Å². The minimum atomic E-state index is -1.07. The van der Waals surface area contributed by atoms with Crippen molar-refractivity contribution in [3.63, 3.8) is 0 Å². The predicted molar refractivity (Wildman–Crippen MR) is 111 cm³/mol. The van der Waals surface area contributed by atoms with Crippen molar-refractivity contribution in [1.82, 2.24) is 10.2 Å². The van der Waals surface area contributed by atoms with Crippen LogP contribution in [0.2, 0.25) is 0 Å². The molecular weight excluding hydrogens is 384 g/mol. The molecule has 2 aromatic rings. The van der Waals surface area contributed by atoms with Crippen molar-refractivity contribution in [3.8, 4) is 0 Å². The number of carboxylic acids is 2. The number of carbonyl (C=O) groups is 3. The van der Waals surface area contributed by atoms with E-state index in [4.69, 9.17) is 0 Å². The Kier molecular flexibility index (Phi) is 6.84. The number of aliphatic carboxylic acids is 2. The number of hydrogen-bond acceptors (Lipinski definition) is 4. The fourth-order valence-electron chi connectivity index (χ4n) is 3.83. The number of fused-ring (bicyclic) bond motifs is 1. The van der Waals surface area contributed by atoms with Gasteiger partial charge in [-0.05, 0) is 36.5 Å². The molecule has 1 aliphatic heterocycles. The molecule has 7 heteroatoms. The average molecular weight is 410 g/mol. The maximum atomic E-state index is 13.1. The normalized spacial score (nSPS) is 17.6. The molecule has 3 N–H and O–H groups in total. The van der Waals surface area contributed by atoms with Crippen LogP contribution in [-0.2, 0) is 33.8 Å². The molecule has 0 fully saturated rings. The van der Waals surface area contributed by atoms with Gasteiger partial charge < -0.3 is 15.1 Å². The van der Waals surface area contributed by atoms with E-state index in [9.17, 15) is 24.6 Å². The number of rotatable bonds is 8. The lowest BCUT2D eigenvalue weighted by Gasteiger charge is -2.36. The molecule has 158 valence electrons. The Labute approximate surface area is 175 Å². The molecule has 3 atom stereocenters. The molecule has 2 aromatic carbocycles. The van der Waals surface area contributed by atoms with E-state index in [0.29, 0.717) is 12.8 Å². The van der Waals surface area contributed by atoms with E-state index in [1.807, 2.05) is 54.6 Å². The third-order valence-electron chi connectivity index (χ3n) is 5.50. The van der Waals surface area contributed by atoms with Crippen LogP contribution in [0.3, 0.4) is 0 Å². The number of carbonyl (C=O) groups excluding carboxylic acids is 1. The van der Waals surface area contributed by atoms with Crippen molar-refractivity contribution in [2.24, 2.45) is 0 Å². The van der Waals surface area contributed by atoms with E-state index < -0.39 is 36.0 Å². The third-order valence-corrected chi connectivity index (χ3v) is 5.50. The predicted octanol–water partition coefficient (Wildman–Crippen LogP) is 2.09. The molecule has 3 rings (SSSR count). The molecule has 0 bridgehead atoms. The Morgan fingerprint density at radius 2 is 1.67 bits per heavy atom. The summed E-state index contributed by atoms with van der Waals surface area (Å²) in [6.45, 7) is 1.78. The van der Waals surface area contributed by atoms with Gasteiger partial charge in [0.15, 0.2) is 0 Å². The van der Waals surface area contributed by atoms with Gasteiger partial charge in [0, 0.05) is 13.0 Å². The standard InChI is InChI=1S/C23H26N2O5/c1-15(24-19(22(27)28)12-11-16-7-3-2-4-8-16)21(26)25-14-18-10-6-5-9-17(18)13-20(25)23(29)30/h2-10,15,19-20,24H,11-14H2,1H3,(H,27,28)(H,29,30)/t15?,19-,20?/m0/s1. The van der Waals surface area contributed by atoms with Crippen molar-refractivity contribution in [3.05, 3.63) is 71.3 Å². The highest BCUT2D eigenvalue weighted by molar-refractivity contribution is 5.88. The Morgan fingerprint density at radius 1 is 1.03 bits per heavy atom. The minimum absolute atomic E-state index is 0.194. The van der Waals surface area contributed by atoms with Gasteiger partial charge in [-0.15, -0.1) is 0 Å². The Morgan fingerprint density at radius 3 is 2.30 bits per heavy atom. The van der Waals surface area contributed by atoms with Crippen molar-refractivity contribution < 1.29 is 24.6 Å². The van der Waals surface area contributed by atoms with Crippen LogP contribution in [0, 0.1) is 0 Å². The minimum Gasteiger partial charge on any atom is -0.480 e. The maximum absolute atomic E-state index is 13.1. The first-order chi connectivity index (χ1) is 14.4. The van der Waals surface area contributed by atoms with Crippen LogP contribution < -0.4 is 5.32 Å². The van der Waals surface area contributed by atoms with E-state index in [1.165, 1.54) is 4.90 Å². The summed E-state index contributed by atoms with van der Waals surface area (Å²) >= 11 is 0. The van der Waals surface area contributed by atoms with E-state index in [2.05, 4.69) is 5.32 Å². The van der Waals surface area contributed by atoms with Gasteiger partial charge in [0.25, 0.3) is 0 Å². The summed E-state index contributed by atoms with van der Waals surface area (Å²) in [5.41, 5.74) is 2.85. The summed E-state index contributed by atoms with van der Waals surface area (Å²) in [6, 6.07) is 14.3. The second-order valence-corrected chi connectivity index (χ2v) is 7.60. The number of benzene rings is 2. The number of nitrogens with one attached hydrogen (secondary N) is 1. The zero-order valence-corrected chi connectivity index (χ0v) is 16.8. The van der Waals surface area contributed by atoms with Gasteiger partial charge in [-0.2, -0.15) is 0 Å². The Balaban J connectivity index is 1.69. The Bertz CT molecular complexity index is 915. The fourth-order valence-corrected chi connectivity index (χ4v) is 3.83. The van der Waals surface area contributed by atoms with Crippen molar-refractivity contribution in [2.45, 2.75) is 50.9 Å². The van der Waals surface area contributed by atoms with Gasteiger partial charge in [-0.1, -0.05) is 54.6 Å². The van der Waals surface area contributed by atoms with Crippen LogP contribution in [0.15, 0.2) is 54.6 Å². The molecule has 0 aliphatic carbocycles. The number of aryl methyl sites for hydroxylation is 1. The number of carboxylic acid groups (broad SMARTS) is 2. The fraction of sp³-hybridized carbons (Fsp3) is 0.348. The van der Waals surface area contributed by atoms with E-state index in [0.717, 1.165) is 16.7 Å².